The molecule has 0 unspecified atom stereocenters. The summed E-state index contributed by atoms with van der Waals surface area (Å²) >= 11 is 0. The fourth-order valence-corrected chi connectivity index (χ4v) is 5.33. The van der Waals surface area contributed by atoms with Crippen molar-refractivity contribution in [2.24, 2.45) is 5.92 Å². The summed E-state index contributed by atoms with van der Waals surface area (Å²) < 4.78 is 51.6. The van der Waals surface area contributed by atoms with Crippen LogP contribution < -0.4 is 5.32 Å². The van der Waals surface area contributed by atoms with Crippen LogP contribution in [0.5, 0.6) is 0 Å². The lowest BCUT2D eigenvalue weighted by Crippen LogP contribution is -2.41. The Balaban J connectivity index is 1.30. The highest BCUT2D eigenvalue weighted by atomic mass is 32.2. The number of halogens is 1. The van der Waals surface area contributed by atoms with Crippen LogP contribution in [0, 0.1) is 11.7 Å². The molecule has 9 heteroatoms. The van der Waals surface area contributed by atoms with Crippen LogP contribution in [-0.4, -0.2) is 31.7 Å². The van der Waals surface area contributed by atoms with Gasteiger partial charge in [0.05, 0.1) is 12.9 Å². The molecule has 33 heavy (non-hydrogen) atoms. The van der Waals surface area contributed by atoms with Crippen molar-refractivity contribution in [2.75, 3.05) is 18.4 Å². The number of benzene rings is 2. The molecule has 0 radical (unpaired) electrons. The molecule has 1 aliphatic heterocycles. The number of piperidine rings is 1. The fraction of sp³-hybridized carbons (Fsp3) is 0.292. The van der Waals surface area contributed by atoms with Crippen molar-refractivity contribution in [3.63, 3.8) is 0 Å². The molecule has 1 saturated heterocycles. The van der Waals surface area contributed by atoms with Crippen molar-refractivity contribution in [3.8, 4) is 0 Å². The number of rotatable bonds is 8. The molecule has 2 heterocycles. The van der Waals surface area contributed by atoms with Crippen LogP contribution in [0.15, 0.2) is 76.2 Å². The van der Waals surface area contributed by atoms with Gasteiger partial charge in [0.25, 0.3) is 0 Å². The number of hydrogen-bond acceptors (Lipinski definition) is 5. The molecule has 1 amide bonds. The van der Waals surface area contributed by atoms with E-state index in [0.29, 0.717) is 31.7 Å². The Bertz CT molecular complexity index is 1190. The number of sulfonamides is 1. The molecule has 3 aromatic rings. The van der Waals surface area contributed by atoms with Crippen LogP contribution in [0.4, 0.5) is 10.1 Å². The van der Waals surface area contributed by atoms with Crippen LogP contribution in [-0.2, 0) is 32.8 Å². The van der Waals surface area contributed by atoms with E-state index in [-0.39, 0.29) is 29.8 Å². The number of hydrogen-bond donors (Lipinski definition) is 1. The van der Waals surface area contributed by atoms with Crippen molar-refractivity contribution < 1.29 is 26.8 Å². The zero-order valence-electron chi connectivity index (χ0n) is 17.9. The largest absolute Gasteiger partial charge is 0.467 e. The number of amides is 1. The van der Waals surface area contributed by atoms with Gasteiger partial charge in [-0.1, -0.05) is 24.3 Å². The maximum atomic E-state index is 14.0. The summed E-state index contributed by atoms with van der Waals surface area (Å²) in [6.07, 6.45) is 2.33. The van der Waals surface area contributed by atoms with E-state index in [0.717, 1.165) is 17.4 Å². The van der Waals surface area contributed by atoms with E-state index in [2.05, 4.69) is 5.32 Å². The SMILES string of the molecule is O=C(Nc1cccc(COCc2ccco2)c1)C1CCN(S(=O)(=O)c2ccccc2F)CC1. The number of nitrogens with zero attached hydrogens (tertiary/aromatic N) is 1. The van der Waals surface area contributed by atoms with Gasteiger partial charge in [-0.15, -0.1) is 0 Å². The van der Waals surface area contributed by atoms with Gasteiger partial charge in [-0.3, -0.25) is 4.79 Å². The quantitative estimate of drug-likeness (QED) is 0.532. The van der Waals surface area contributed by atoms with Gasteiger partial charge in [-0.25, -0.2) is 12.8 Å². The number of carbonyl (C=O) groups is 1. The van der Waals surface area contributed by atoms with E-state index < -0.39 is 15.8 Å². The van der Waals surface area contributed by atoms with Crippen molar-refractivity contribution >= 4 is 21.6 Å². The summed E-state index contributed by atoms with van der Waals surface area (Å²) in [5.74, 6) is -0.518. The first-order chi connectivity index (χ1) is 15.9. The van der Waals surface area contributed by atoms with E-state index in [1.807, 2.05) is 24.3 Å². The Morgan fingerprint density at radius 2 is 1.85 bits per heavy atom. The third-order valence-corrected chi connectivity index (χ3v) is 7.50. The van der Waals surface area contributed by atoms with Gasteiger partial charge in [0.1, 0.15) is 23.1 Å². The van der Waals surface area contributed by atoms with Crippen molar-refractivity contribution in [2.45, 2.75) is 31.0 Å². The molecular weight excluding hydrogens is 447 g/mol. The Morgan fingerprint density at radius 1 is 1.06 bits per heavy atom. The topological polar surface area (TPSA) is 88.8 Å². The normalized spacial score (nSPS) is 15.4. The average molecular weight is 473 g/mol. The van der Waals surface area contributed by atoms with Gasteiger partial charge < -0.3 is 14.5 Å². The summed E-state index contributed by atoms with van der Waals surface area (Å²) in [6, 6.07) is 16.4. The van der Waals surface area contributed by atoms with Crippen LogP contribution in [0.3, 0.4) is 0 Å². The van der Waals surface area contributed by atoms with Crippen LogP contribution in [0.1, 0.15) is 24.2 Å². The molecule has 174 valence electrons. The monoisotopic (exact) mass is 472 g/mol. The highest BCUT2D eigenvalue weighted by molar-refractivity contribution is 7.89. The van der Waals surface area contributed by atoms with Crippen LogP contribution in [0.25, 0.3) is 0 Å². The summed E-state index contributed by atoms with van der Waals surface area (Å²) in [5, 5.41) is 2.91. The van der Waals surface area contributed by atoms with E-state index >= 15 is 0 Å². The Labute approximate surface area is 192 Å². The standard InChI is InChI=1S/C24H25FN2O5S/c25-22-8-1-2-9-23(22)33(29,30)27-12-10-19(11-13-27)24(28)26-20-6-3-5-18(15-20)16-31-17-21-7-4-14-32-21/h1-9,14-15,19H,10-13,16-17H2,(H,26,28). The molecular formula is C24H25FN2O5S. The molecule has 7 nitrogen and oxygen atoms in total. The van der Waals surface area contributed by atoms with Crippen LogP contribution >= 0.6 is 0 Å². The molecule has 1 aromatic heterocycles. The maximum Gasteiger partial charge on any atom is 0.245 e. The summed E-state index contributed by atoms with van der Waals surface area (Å²) in [6.45, 7) is 1.06. The van der Waals surface area contributed by atoms with E-state index in [1.54, 1.807) is 18.4 Å². The first-order valence-electron chi connectivity index (χ1n) is 10.7. The Morgan fingerprint density at radius 3 is 2.58 bits per heavy atom. The van der Waals surface area contributed by atoms with E-state index in [9.17, 15) is 17.6 Å². The molecule has 4 rings (SSSR count). The minimum Gasteiger partial charge on any atom is -0.467 e. The molecule has 0 spiro atoms. The van der Waals surface area contributed by atoms with Gasteiger partial charge in [0, 0.05) is 24.7 Å². The number of anilines is 1. The highest BCUT2D eigenvalue weighted by Crippen LogP contribution is 2.26. The first-order valence-corrected chi connectivity index (χ1v) is 12.1. The molecule has 0 saturated carbocycles. The lowest BCUT2D eigenvalue weighted by molar-refractivity contribution is -0.120. The summed E-state index contributed by atoms with van der Waals surface area (Å²) in [7, 11) is -3.93. The van der Waals surface area contributed by atoms with Crippen molar-refractivity contribution in [3.05, 3.63) is 84.1 Å². The second-order valence-electron chi connectivity index (χ2n) is 7.87. The molecule has 0 aliphatic carbocycles. The second kappa shape index (κ2) is 10.3. The van der Waals surface area contributed by atoms with Crippen LogP contribution in [0.2, 0.25) is 0 Å². The zero-order chi connectivity index (χ0) is 23.3. The van der Waals surface area contributed by atoms with E-state index in [1.165, 1.54) is 22.5 Å². The third-order valence-electron chi connectivity index (χ3n) is 5.57. The second-order valence-corrected chi connectivity index (χ2v) is 9.78. The van der Waals surface area contributed by atoms with Gasteiger partial charge >= 0.3 is 0 Å². The Hall–Kier alpha value is -3.01. The van der Waals surface area contributed by atoms with Gasteiger partial charge in [0.2, 0.25) is 15.9 Å². The molecule has 0 bridgehead atoms. The van der Waals surface area contributed by atoms with Gasteiger partial charge in [0.15, 0.2) is 0 Å². The zero-order valence-corrected chi connectivity index (χ0v) is 18.8. The molecule has 2 aromatic carbocycles. The third kappa shape index (κ3) is 5.68. The predicted molar refractivity (Wildman–Crippen MR) is 120 cm³/mol. The van der Waals surface area contributed by atoms with Crippen molar-refractivity contribution in [1.82, 2.24) is 4.31 Å². The minimum atomic E-state index is -3.93. The lowest BCUT2D eigenvalue weighted by atomic mass is 9.97. The number of nitrogens with one attached hydrogen (secondary N) is 1. The molecule has 1 aliphatic rings. The molecule has 0 atom stereocenters. The fourth-order valence-electron chi connectivity index (χ4n) is 3.80. The molecule has 1 fully saturated rings. The summed E-state index contributed by atoms with van der Waals surface area (Å²) in [5.41, 5.74) is 1.56. The number of carbonyl (C=O) groups excluding carboxylic acids is 1. The van der Waals surface area contributed by atoms with Gasteiger partial charge in [-0.2, -0.15) is 4.31 Å². The lowest BCUT2D eigenvalue weighted by Gasteiger charge is -2.30. The number of furan rings is 1. The predicted octanol–water partition coefficient (Wildman–Crippen LogP) is 4.17. The molecule has 1 N–H and O–H groups in total. The minimum absolute atomic E-state index is 0.161. The maximum absolute atomic E-state index is 14.0. The Kier molecular flexibility index (Phi) is 7.22. The summed E-state index contributed by atoms with van der Waals surface area (Å²) in [4.78, 5) is 12.4. The average Bonchev–Trinajstić information content (AvgIpc) is 3.33. The first kappa shape index (κ1) is 23.2. The smallest absolute Gasteiger partial charge is 0.245 e. The highest BCUT2D eigenvalue weighted by Gasteiger charge is 2.33. The van der Waals surface area contributed by atoms with Gasteiger partial charge in [-0.05, 0) is 54.8 Å². The van der Waals surface area contributed by atoms with Crippen molar-refractivity contribution in [1.29, 1.82) is 0 Å². The number of ether oxygens (including phenoxy) is 1. The van der Waals surface area contributed by atoms with E-state index in [4.69, 9.17) is 9.15 Å².